The van der Waals surface area contributed by atoms with Crippen molar-refractivity contribution in [1.82, 2.24) is 0 Å². The molecule has 0 unspecified atom stereocenters. The second-order valence-electron chi connectivity index (χ2n) is 3.05. The fourth-order valence-corrected chi connectivity index (χ4v) is 1.13. The minimum absolute atomic E-state index is 0.0829. The highest BCUT2D eigenvalue weighted by Crippen LogP contribution is 2.15. The second kappa shape index (κ2) is 5.90. The number of para-hydroxylation sites is 1. The molecule has 0 spiro atoms. The summed E-state index contributed by atoms with van der Waals surface area (Å²) in [6.07, 6.45) is -4.70. The van der Waals surface area contributed by atoms with E-state index in [1.54, 1.807) is 12.1 Å². The van der Waals surface area contributed by atoms with E-state index >= 15 is 0 Å². The normalized spacial score (nSPS) is 11.4. The number of ether oxygens (including phenoxy) is 2. The molecule has 2 N–H and O–H groups in total. The number of halogens is 3. The van der Waals surface area contributed by atoms with Crippen LogP contribution in [-0.2, 0) is 4.74 Å². The summed E-state index contributed by atoms with van der Waals surface area (Å²) in [6, 6.07) is 5.92. The van der Waals surface area contributed by atoms with Crippen LogP contribution in [-0.4, -0.2) is 36.7 Å². The molecule has 0 radical (unpaired) electrons. The van der Waals surface area contributed by atoms with Gasteiger partial charge in [0.15, 0.2) is 0 Å². The molecule has 94 valence electrons. The van der Waals surface area contributed by atoms with Gasteiger partial charge in [-0.05, 0) is 6.07 Å². The quantitative estimate of drug-likeness (QED) is 0.582. The molecule has 1 rings (SSSR count). The molecule has 0 heterocycles. The molecule has 0 aliphatic heterocycles. The number of hydrogen-bond donors (Lipinski definition) is 2. The zero-order valence-electron chi connectivity index (χ0n) is 8.65. The third kappa shape index (κ3) is 5.07. The van der Waals surface area contributed by atoms with Crippen LogP contribution >= 0.6 is 0 Å². The van der Waals surface area contributed by atoms with Crippen LogP contribution in [0.25, 0.3) is 0 Å². The molecule has 1 aromatic carbocycles. The third-order valence-corrected chi connectivity index (χ3v) is 1.80. The zero-order valence-corrected chi connectivity index (χ0v) is 8.65. The Morgan fingerprint density at radius 3 is 2.35 bits per heavy atom. The SMILES string of the molecule is OB(O)c1ccccc1OCCOC(F)(F)F. The maximum Gasteiger partial charge on any atom is 0.522 e. The van der Waals surface area contributed by atoms with Crippen molar-refractivity contribution in [2.24, 2.45) is 0 Å². The summed E-state index contributed by atoms with van der Waals surface area (Å²) in [5.74, 6) is 0.105. The van der Waals surface area contributed by atoms with E-state index in [0.717, 1.165) is 0 Å². The number of rotatable bonds is 5. The highest BCUT2D eigenvalue weighted by molar-refractivity contribution is 6.59. The predicted octanol–water partition coefficient (Wildman–Crippen LogP) is 0.282. The number of benzene rings is 1. The molecule has 0 saturated carbocycles. The Morgan fingerprint density at radius 1 is 1.12 bits per heavy atom. The molecule has 8 heteroatoms. The van der Waals surface area contributed by atoms with E-state index in [4.69, 9.17) is 14.8 Å². The van der Waals surface area contributed by atoms with Crippen molar-refractivity contribution >= 4 is 12.6 Å². The molecular formula is C9H10BF3O4. The molecule has 0 aliphatic carbocycles. The number of alkyl halides is 3. The van der Waals surface area contributed by atoms with E-state index < -0.39 is 20.1 Å². The monoisotopic (exact) mass is 250 g/mol. The fourth-order valence-electron chi connectivity index (χ4n) is 1.13. The van der Waals surface area contributed by atoms with Crippen molar-refractivity contribution in [3.63, 3.8) is 0 Å². The van der Waals surface area contributed by atoms with Gasteiger partial charge in [0.1, 0.15) is 12.4 Å². The average molecular weight is 250 g/mol. The zero-order chi connectivity index (χ0) is 12.9. The van der Waals surface area contributed by atoms with Crippen LogP contribution in [0.1, 0.15) is 0 Å². The molecular weight excluding hydrogens is 240 g/mol. The first-order chi connectivity index (χ1) is 7.90. The van der Waals surface area contributed by atoms with Crippen molar-refractivity contribution in [3.05, 3.63) is 24.3 Å². The summed E-state index contributed by atoms with van der Waals surface area (Å²) in [4.78, 5) is 0. The minimum Gasteiger partial charge on any atom is -0.492 e. The van der Waals surface area contributed by atoms with Crippen molar-refractivity contribution in [1.29, 1.82) is 0 Å². The van der Waals surface area contributed by atoms with Crippen LogP contribution in [0.2, 0.25) is 0 Å². The van der Waals surface area contributed by atoms with Gasteiger partial charge in [-0.3, -0.25) is 4.74 Å². The van der Waals surface area contributed by atoms with Gasteiger partial charge in [-0.2, -0.15) is 0 Å². The minimum atomic E-state index is -4.70. The largest absolute Gasteiger partial charge is 0.522 e. The Hall–Kier alpha value is -1.25. The molecule has 0 atom stereocenters. The first kappa shape index (κ1) is 13.8. The van der Waals surface area contributed by atoms with Crippen molar-refractivity contribution in [2.45, 2.75) is 6.36 Å². The molecule has 17 heavy (non-hydrogen) atoms. The highest BCUT2D eigenvalue weighted by atomic mass is 19.4. The van der Waals surface area contributed by atoms with E-state index in [1.165, 1.54) is 12.1 Å². The van der Waals surface area contributed by atoms with Gasteiger partial charge in [0, 0.05) is 5.46 Å². The van der Waals surface area contributed by atoms with Gasteiger partial charge in [0.2, 0.25) is 0 Å². The third-order valence-electron chi connectivity index (χ3n) is 1.80. The molecule has 0 aromatic heterocycles. The average Bonchev–Trinajstić information content (AvgIpc) is 2.23. The highest BCUT2D eigenvalue weighted by Gasteiger charge is 2.28. The van der Waals surface area contributed by atoms with E-state index in [1.807, 2.05) is 0 Å². The van der Waals surface area contributed by atoms with Crippen LogP contribution in [0.4, 0.5) is 13.2 Å². The predicted molar refractivity (Wildman–Crippen MR) is 53.8 cm³/mol. The molecule has 0 saturated heterocycles. The maximum absolute atomic E-state index is 11.6. The molecule has 4 nitrogen and oxygen atoms in total. The van der Waals surface area contributed by atoms with E-state index in [2.05, 4.69) is 4.74 Å². The summed E-state index contributed by atoms with van der Waals surface area (Å²) >= 11 is 0. The Morgan fingerprint density at radius 2 is 1.76 bits per heavy atom. The maximum atomic E-state index is 11.6. The molecule has 0 bridgehead atoms. The van der Waals surface area contributed by atoms with Crippen LogP contribution in [0.15, 0.2) is 24.3 Å². The van der Waals surface area contributed by atoms with Crippen LogP contribution in [0, 0.1) is 0 Å². The topological polar surface area (TPSA) is 58.9 Å². The van der Waals surface area contributed by atoms with E-state index in [9.17, 15) is 13.2 Å². The molecule has 0 amide bonds. The summed E-state index contributed by atoms with van der Waals surface area (Å²) in [7, 11) is -1.74. The van der Waals surface area contributed by atoms with E-state index in [0.29, 0.717) is 0 Å². The van der Waals surface area contributed by atoms with Crippen molar-refractivity contribution in [3.8, 4) is 5.75 Å². The molecule has 1 aromatic rings. The van der Waals surface area contributed by atoms with E-state index in [-0.39, 0.29) is 17.8 Å². The Kier molecular flexibility index (Phi) is 4.79. The van der Waals surface area contributed by atoms with Gasteiger partial charge in [-0.15, -0.1) is 13.2 Å². The first-order valence-corrected chi connectivity index (χ1v) is 4.68. The smallest absolute Gasteiger partial charge is 0.492 e. The number of hydrogen-bond acceptors (Lipinski definition) is 4. The summed E-state index contributed by atoms with van der Waals surface area (Å²) in [6.45, 7) is -1.01. The van der Waals surface area contributed by atoms with Crippen LogP contribution < -0.4 is 10.2 Å². The van der Waals surface area contributed by atoms with Crippen LogP contribution in [0.5, 0.6) is 5.75 Å². The van der Waals surface area contributed by atoms with Crippen LogP contribution in [0.3, 0.4) is 0 Å². The Labute approximate surface area is 95.7 Å². The first-order valence-electron chi connectivity index (χ1n) is 4.68. The van der Waals surface area contributed by atoms with Gasteiger partial charge in [0.25, 0.3) is 0 Å². The summed E-state index contributed by atoms with van der Waals surface area (Å²) in [5, 5.41) is 17.9. The van der Waals surface area contributed by atoms with Crippen molar-refractivity contribution < 1.29 is 32.7 Å². The lowest BCUT2D eigenvalue weighted by molar-refractivity contribution is -0.325. The Balaban J connectivity index is 2.47. The van der Waals surface area contributed by atoms with Gasteiger partial charge < -0.3 is 14.8 Å². The second-order valence-corrected chi connectivity index (χ2v) is 3.05. The lowest BCUT2D eigenvalue weighted by Crippen LogP contribution is -2.31. The van der Waals surface area contributed by atoms with Gasteiger partial charge in [-0.25, -0.2) is 0 Å². The van der Waals surface area contributed by atoms with Gasteiger partial charge in [-0.1, -0.05) is 18.2 Å². The standard InChI is InChI=1S/C9H10BF3O4/c11-9(12,13)17-6-5-16-8-4-2-1-3-7(8)10(14)15/h1-4,14-15H,5-6H2. The molecule has 0 fully saturated rings. The molecule has 0 aliphatic rings. The van der Waals surface area contributed by atoms with Gasteiger partial charge >= 0.3 is 13.5 Å². The summed E-state index contributed by atoms with van der Waals surface area (Å²) in [5.41, 5.74) is 0.0829. The van der Waals surface area contributed by atoms with Crippen molar-refractivity contribution in [2.75, 3.05) is 13.2 Å². The Bertz CT molecular complexity index is 356. The van der Waals surface area contributed by atoms with Gasteiger partial charge in [0.05, 0.1) is 6.61 Å². The summed E-state index contributed by atoms with van der Waals surface area (Å²) < 4.78 is 43.3. The fraction of sp³-hybridized carbons (Fsp3) is 0.333. The lowest BCUT2D eigenvalue weighted by atomic mass is 9.79. The lowest BCUT2D eigenvalue weighted by Gasteiger charge is -2.11.